The first-order valence-corrected chi connectivity index (χ1v) is 8.05. The smallest absolute Gasteiger partial charge is 0.416 e. The number of nitrogens with zero attached hydrogens (tertiary/aromatic N) is 1. The normalized spacial score (nSPS) is 18.0. The van der Waals surface area contributed by atoms with Crippen molar-refractivity contribution in [3.05, 3.63) is 29.8 Å². The predicted octanol–water partition coefficient (Wildman–Crippen LogP) is 3.19. The molecule has 0 bridgehead atoms. The van der Waals surface area contributed by atoms with Gasteiger partial charge in [-0.15, -0.1) is 0 Å². The van der Waals surface area contributed by atoms with Crippen LogP contribution in [0.2, 0.25) is 0 Å². The highest BCUT2D eigenvalue weighted by molar-refractivity contribution is 5.77. The van der Waals surface area contributed by atoms with Crippen molar-refractivity contribution in [1.29, 1.82) is 0 Å². The second-order valence-corrected chi connectivity index (χ2v) is 6.09. The lowest BCUT2D eigenvalue weighted by Gasteiger charge is -2.32. The molecule has 0 saturated carbocycles. The molecule has 8 heteroatoms. The second-order valence-electron chi connectivity index (χ2n) is 6.09. The number of ether oxygens (including phenoxy) is 1. The van der Waals surface area contributed by atoms with Gasteiger partial charge in [-0.1, -0.05) is 0 Å². The van der Waals surface area contributed by atoms with E-state index in [0.29, 0.717) is 19.5 Å². The van der Waals surface area contributed by atoms with Crippen LogP contribution in [0.15, 0.2) is 24.3 Å². The Labute approximate surface area is 143 Å². The van der Waals surface area contributed by atoms with Gasteiger partial charge >= 0.3 is 12.1 Å². The number of likely N-dealkylation sites (tertiary alicyclic amines) is 1. The van der Waals surface area contributed by atoms with Crippen LogP contribution in [0.1, 0.15) is 31.2 Å². The number of halogens is 3. The Morgan fingerprint density at radius 1 is 1.24 bits per heavy atom. The molecule has 1 heterocycles. The molecule has 5 nitrogen and oxygen atoms in total. The molecular formula is C17H20F3NO4. The van der Waals surface area contributed by atoms with Gasteiger partial charge in [0.15, 0.2) is 6.61 Å². The van der Waals surface area contributed by atoms with Crippen molar-refractivity contribution in [2.45, 2.75) is 31.9 Å². The summed E-state index contributed by atoms with van der Waals surface area (Å²) in [6.45, 7) is 0.818. The minimum atomic E-state index is -4.41. The first-order valence-electron chi connectivity index (χ1n) is 8.05. The highest BCUT2D eigenvalue weighted by Gasteiger charge is 2.30. The number of aliphatic carboxylic acids is 1. The molecule has 0 aromatic heterocycles. The lowest BCUT2D eigenvalue weighted by molar-refractivity contribution is -0.138. The Kier molecular flexibility index (Phi) is 6.27. The zero-order chi connectivity index (χ0) is 18.4. The standard InChI is InChI=1S/C17H20F3NO4/c18-17(19,20)13-4-6-14(7-5-13)25-11-15(22)21-9-1-2-12(10-21)3-8-16(23)24/h4-7,12H,1-3,8-11H2,(H,23,24). The highest BCUT2D eigenvalue weighted by atomic mass is 19.4. The number of hydrogen-bond donors (Lipinski definition) is 1. The van der Waals surface area contributed by atoms with Crippen molar-refractivity contribution in [3.63, 3.8) is 0 Å². The molecule has 1 aromatic rings. The van der Waals surface area contributed by atoms with E-state index in [2.05, 4.69) is 0 Å². The molecule has 0 radical (unpaired) electrons. The highest BCUT2D eigenvalue weighted by Crippen LogP contribution is 2.30. The maximum absolute atomic E-state index is 12.5. The minimum Gasteiger partial charge on any atom is -0.484 e. The summed E-state index contributed by atoms with van der Waals surface area (Å²) in [6.07, 6.45) is -2.12. The fraction of sp³-hybridized carbons (Fsp3) is 0.529. The molecule has 138 valence electrons. The van der Waals surface area contributed by atoms with Crippen LogP contribution >= 0.6 is 0 Å². The molecule has 1 fully saturated rings. The quantitative estimate of drug-likeness (QED) is 0.847. The molecule has 0 spiro atoms. The van der Waals surface area contributed by atoms with Gasteiger partial charge in [0, 0.05) is 19.5 Å². The van der Waals surface area contributed by atoms with E-state index in [4.69, 9.17) is 9.84 Å². The van der Waals surface area contributed by atoms with Gasteiger partial charge in [0.2, 0.25) is 0 Å². The third-order valence-electron chi connectivity index (χ3n) is 4.18. The summed E-state index contributed by atoms with van der Waals surface area (Å²) >= 11 is 0. The lowest BCUT2D eigenvalue weighted by Crippen LogP contribution is -2.42. The summed E-state index contributed by atoms with van der Waals surface area (Å²) in [7, 11) is 0. The zero-order valence-corrected chi connectivity index (χ0v) is 13.6. The van der Waals surface area contributed by atoms with Crippen LogP contribution in [0, 0.1) is 5.92 Å². The first-order chi connectivity index (χ1) is 11.8. The SMILES string of the molecule is O=C(O)CCC1CCCN(C(=O)COc2ccc(C(F)(F)F)cc2)C1. The second kappa shape index (κ2) is 8.22. The van der Waals surface area contributed by atoms with Crippen LogP contribution in [-0.2, 0) is 15.8 Å². The average Bonchev–Trinajstić information content (AvgIpc) is 2.57. The van der Waals surface area contributed by atoms with Crippen molar-refractivity contribution < 1.29 is 32.6 Å². The van der Waals surface area contributed by atoms with Gasteiger partial charge in [0.1, 0.15) is 5.75 Å². The maximum atomic E-state index is 12.5. The monoisotopic (exact) mass is 359 g/mol. The van der Waals surface area contributed by atoms with Gasteiger partial charge in [-0.2, -0.15) is 13.2 Å². The number of piperidine rings is 1. The minimum absolute atomic E-state index is 0.0781. The number of benzene rings is 1. The zero-order valence-electron chi connectivity index (χ0n) is 13.6. The Morgan fingerprint density at radius 2 is 1.92 bits per heavy atom. The number of rotatable bonds is 6. The van der Waals surface area contributed by atoms with Gasteiger partial charge in [0.25, 0.3) is 5.91 Å². The van der Waals surface area contributed by atoms with E-state index in [1.807, 2.05) is 0 Å². The number of carbonyl (C=O) groups excluding carboxylic acids is 1. The number of alkyl halides is 3. The number of hydrogen-bond acceptors (Lipinski definition) is 3. The van der Waals surface area contributed by atoms with E-state index in [9.17, 15) is 22.8 Å². The molecule has 1 aliphatic heterocycles. The summed E-state index contributed by atoms with van der Waals surface area (Å²) in [5.74, 6) is -0.755. The molecule has 25 heavy (non-hydrogen) atoms. The Morgan fingerprint density at radius 3 is 2.52 bits per heavy atom. The molecule has 1 aromatic carbocycles. The van der Waals surface area contributed by atoms with Gasteiger partial charge in [-0.3, -0.25) is 9.59 Å². The molecule has 1 N–H and O–H groups in total. The predicted molar refractivity (Wildman–Crippen MR) is 83.1 cm³/mol. The summed E-state index contributed by atoms with van der Waals surface area (Å²) in [5, 5.41) is 8.73. The van der Waals surface area contributed by atoms with Gasteiger partial charge in [-0.05, 0) is 49.4 Å². The molecule has 1 unspecified atom stereocenters. The third kappa shape index (κ3) is 5.95. The number of carboxylic acids is 1. The van der Waals surface area contributed by atoms with Crippen LogP contribution in [0.5, 0.6) is 5.75 Å². The number of amides is 1. The van der Waals surface area contributed by atoms with E-state index in [0.717, 1.165) is 25.0 Å². The largest absolute Gasteiger partial charge is 0.484 e. The van der Waals surface area contributed by atoms with Gasteiger partial charge < -0.3 is 14.7 Å². The fourth-order valence-electron chi connectivity index (χ4n) is 2.83. The fourth-order valence-corrected chi connectivity index (χ4v) is 2.83. The van der Waals surface area contributed by atoms with Crippen LogP contribution in [0.25, 0.3) is 0 Å². The van der Waals surface area contributed by atoms with Crippen molar-refractivity contribution in [2.75, 3.05) is 19.7 Å². The summed E-state index contributed by atoms with van der Waals surface area (Å²) in [4.78, 5) is 24.4. The van der Waals surface area contributed by atoms with Gasteiger partial charge in [0.05, 0.1) is 5.56 Å². The Bertz CT molecular complexity index is 601. The van der Waals surface area contributed by atoms with Crippen molar-refractivity contribution in [2.24, 2.45) is 5.92 Å². The van der Waals surface area contributed by atoms with E-state index in [1.165, 1.54) is 12.1 Å². The third-order valence-corrected chi connectivity index (χ3v) is 4.18. The van der Waals surface area contributed by atoms with Crippen LogP contribution < -0.4 is 4.74 Å². The van der Waals surface area contributed by atoms with Crippen LogP contribution in [0.3, 0.4) is 0 Å². The lowest BCUT2D eigenvalue weighted by atomic mass is 9.93. The van der Waals surface area contributed by atoms with Crippen LogP contribution in [0.4, 0.5) is 13.2 Å². The maximum Gasteiger partial charge on any atom is 0.416 e. The number of carbonyl (C=O) groups is 2. The molecule has 1 amide bonds. The Balaban J connectivity index is 1.82. The molecule has 1 atom stereocenters. The van der Waals surface area contributed by atoms with E-state index < -0.39 is 17.7 Å². The summed E-state index contributed by atoms with van der Waals surface area (Å²) < 4.78 is 42.7. The van der Waals surface area contributed by atoms with Crippen LogP contribution in [-0.4, -0.2) is 41.6 Å². The van der Waals surface area contributed by atoms with Gasteiger partial charge in [-0.25, -0.2) is 0 Å². The van der Waals surface area contributed by atoms with Crippen molar-refractivity contribution in [1.82, 2.24) is 4.90 Å². The van der Waals surface area contributed by atoms with E-state index in [1.54, 1.807) is 4.90 Å². The van der Waals surface area contributed by atoms with E-state index >= 15 is 0 Å². The average molecular weight is 359 g/mol. The van der Waals surface area contributed by atoms with Crippen molar-refractivity contribution >= 4 is 11.9 Å². The number of carboxylic acid groups (broad SMARTS) is 1. The first kappa shape index (κ1) is 19.1. The molecular weight excluding hydrogens is 339 g/mol. The molecule has 1 saturated heterocycles. The molecule has 2 rings (SSSR count). The summed E-state index contributed by atoms with van der Waals surface area (Å²) in [6, 6.07) is 4.18. The summed E-state index contributed by atoms with van der Waals surface area (Å²) in [5.41, 5.74) is -0.775. The Hall–Kier alpha value is -2.25. The van der Waals surface area contributed by atoms with E-state index in [-0.39, 0.29) is 30.6 Å². The van der Waals surface area contributed by atoms with Crippen molar-refractivity contribution in [3.8, 4) is 5.75 Å². The molecule has 0 aliphatic carbocycles. The topological polar surface area (TPSA) is 66.8 Å². The molecule has 1 aliphatic rings.